The number of phosphoric ester groups is 1. The molecule has 0 radical (unpaired) electrons. The van der Waals surface area contributed by atoms with E-state index in [1.807, 2.05) is 12.2 Å². The van der Waals surface area contributed by atoms with Gasteiger partial charge in [-0.15, -0.1) is 0 Å². The smallest absolute Gasteiger partial charge is 0.462 e. The fourth-order valence-electron chi connectivity index (χ4n) is 6.21. The Labute approximate surface area is 377 Å². The van der Waals surface area contributed by atoms with Crippen molar-refractivity contribution in [1.29, 1.82) is 0 Å². The summed E-state index contributed by atoms with van der Waals surface area (Å²) in [6, 6.07) is 0. The minimum Gasteiger partial charge on any atom is -0.462 e. The highest BCUT2D eigenvalue weighted by Gasteiger charge is 2.51. The molecular formula is C49H79O13P. The highest BCUT2D eigenvalue weighted by Crippen LogP contribution is 2.47. The Bertz CT molecular complexity index is 1470. The van der Waals surface area contributed by atoms with Crippen LogP contribution in [0.2, 0.25) is 0 Å². The molecule has 1 fully saturated rings. The third-order valence-electron chi connectivity index (χ3n) is 9.91. The summed E-state index contributed by atoms with van der Waals surface area (Å²) in [5, 5.41) is 50.1. The van der Waals surface area contributed by atoms with Gasteiger partial charge in [0.1, 0.15) is 43.2 Å². The molecule has 0 aromatic carbocycles. The van der Waals surface area contributed by atoms with Gasteiger partial charge < -0.3 is 39.9 Å². The van der Waals surface area contributed by atoms with Gasteiger partial charge >= 0.3 is 19.8 Å². The molecular weight excluding hydrogens is 828 g/mol. The molecule has 0 aliphatic heterocycles. The molecule has 0 aromatic heterocycles. The number of rotatable bonds is 36. The maximum Gasteiger partial charge on any atom is 0.472 e. The molecule has 1 aliphatic carbocycles. The van der Waals surface area contributed by atoms with Crippen molar-refractivity contribution < 1.29 is 63.1 Å². The number of hydrogen-bond donors (Lipinski definition) is 6. The highest BCUT2D eigenvalue weighted by molar-refractivity contribution is 7.47. The fraction of sp³-hybridized carbons (Fsp3) is 0.633. The van der Waals surface area contributed by atoms with Crippen LogP contribution in [0.1, 0.15) is 142 Å². The lowest BCUT2D eigenvalue weighted by molar-refractivity contribution is -0.220. The van der Waals surface area contributed by atoms with E-state index in [0.717, 1.165) is 77.0 Å². The zero-order valence-electron chi connectivity index (χ0n) is 37.8. The fourth-order valence-corrected chi connectivity index (χ4v) is 7.18. The van der Waals surface area contributed by atoms with E-state index in [9.17, 15) is 44.6 Å². The quantitative estimate of drug-likeness (QED) is 0.0150. The van der Waals surface area contributed by atoms with E-state index in [0.29, 0.717) is 19.3 Å². The lowest BCUT2D eigenvalue weighted by atomic mass is 9.85. The van der Waals surface area contributed by atoms with E-state index in [-0.39, 0.29) is 12.8 Å². The van der Waals surface area contributed by atoms with Gasteiger partial charge in [0.15, 0.2) is 6.10 Å². The number of allylic oxidation sites excluding steroid dienone is 16. The van der Waals surface area contributed by atoms with Gasteiger partial charge in [-0.3, -0.25) is 18.6 Å². The van der Waals surface area contributed by atoms with Crippen LogP contribution in [0.4, 0.5) is 0 Å². The summed E-state index contributed by atoms with van der Waals surface area (Å²) in [5.74, 6) is -1.20. The first-order chi connectivity index (χ1) is 30.4. The van der Waals surface area contributed by atoms with E-state index < -0.39 is 75.7 Å². The summed E-state index contributed by atoms with van der Waals surface area (Å²) in [6.45, 7) is 3.07. The van der Waals surface area contributed by atoms with Crippen molar-refractivity contribution in [2.75, 3.05) is 13.2 Å². The molecule has 14 heteroatoms. The monoisotopic (exact) mass is 907 g/mol. The van der Waals surface area contributed by atoms with E-state index in [1.54, 1.807) is 0 Å². The topological polar surface area (TPSA) is 210 Å². The summed E-state index contributed by atoms with van der Waals surface area (Å²) in [5.41, 5.74) is 0. The Morgan fingerprint density at radius 2 is 0.921 bits per heavy atom. The second-order valence-electron chi connectivity index (χ2n) is 15.5. The summed E-state index contributed by atoms with van der Waals surface area (Å²) in [7, 11) is -5.15. The van der Waals surface area contributed by atoms with Gasteiger partial charge in [0, 0.05) is 12.8 Å². The van der Waals surface area contributed by atoms with Gasteiger partial charge in [-0.25, -0.2) is 4.57 Å². The largest absolute Gasteiger partial charge is 0.472 e. The molecule has 6 N–H and O–H groups in total. The molecule has 0 heterocycles. The number of esters is 2. The Morgan fingerprint density at radius 3 is 1.41 bits per heavy atom. The number of hydrogen-bond acceptors (Lipinski definition) is 12. The molecule has 0 amide bonds. The second-order valence-corrected chi connectivity index (χ2v) is 16.9. The van der Waals surface area contributed by atoms with Gasteiger partial charge in [0.2, 0.25) is 0 Å². The zero-order chi connectivity index (χ0) is 46.4. The highest BCUT2D eigenvalue weighted by atomic mass is 31.2. The first-order valence-electron chi connectivity index (χ1n) is 23.0. The molecule has 1 aliphatic rings. The summed E-state index contributed by atoms with van der Waals surface area (Å²) in [6.07, 6.45) is 37.5. The van der Waals surface area contributed by atoms with Gasteiger partial charge in [0.05, 0.1) is 6.61 Å². The molecule has 0 bridgehead atoms. The van der Waals surface area contributed by atoms with E-state index in [1.165, 1.54) is 19.3 Å². The zero-order valence-corrected chi connectivity index (χ0v) is 38.7. The minimum atomic E-state index is -5.15. The lowest BCUT2D eigenvalue weighted by Gasteiger charge is -2.41. The van der Waals surface area contributed by atoms with Crippen LogP contribution in [0.5, 0.6) is 0 Å². The average Bonchev–Trinajstić information content (AvgIpc) is 3.26. The summed E-state index contributed by atoms with van der Waals surface area (Å²) >= 11 is 0. The third-order valence-corrected chi connectivity index (χ3v) is 10.9. The van der Waals surface area contributed by atoms with Gasteiger partial charge in [-0.05, 0) is 89.9 Å². The number of carbonyl (C=O) groups excluding carboxylic acids is 2. The van der Waals surface area contributed by atoms with Gasteiger partial charge in [-0.1, -0.05) is 137 Å². The third kappa shape index (κ3) is 30.5. The first-order valence-corrected chi connectivity index (χ1v) is 24.5. The molecule has 8 atom stereocenters. The summed E-state index contributed by atoms with van der Waals surface area (Å²) in [4.78, 5) is 35.7. The molecule has 1 saturated carbocycles. The Kier molecular flexibility index (Phi) is 34.9. The van der Waals surface area contributed by atoms with Crippen LogP contribution < -0.4 is 0 Å². The van der Waals surface area contributed by atoms with Crippen molar-refractivity contribution in [1.82, 2.24) is 0 Å². The van der Waals surface area contributed by atoms with E-state index in [4.69, 9.17) is 18.5 Å². The number of unbranched alkanes of at least 4 members (excludes halogenated alkanes) is 8. The predicted molar refractivity (Wildman–Crippen MR) is 248 cm³/mol. The van der Waals surface area contributed by atoms with Crippen LogP contribution in [-0.4, -0.2) is 98.3 Å². The lowest BCUT2D eigenvalue weighted by Crippen LogP contribution is -2.64. The standard InChI is InChI=1S/C49H79O13P/c1-3-5-7-9-11-13-15-17-19-21-23-25-27-29-31-33-35-37-42(50)59-39-41(40-60-63(57,58)62-49-47(55)45(53)44(52)46(54)48(49)56)61-43(51)38-36-34-32-30-28-26-24-22-20-18-16-14-12-10-8-6-4-2/h6,8,11-14,17-20,23-26,30,32,41,44-49,52-56H,3-5,7,9-10,15-16,21-22,27-29,31,33-40H2,1-2H3,(H,57,58)/b8-6-,13-11-,14-12-,19-17-,20-18-,25-23-,26-24-,32-30-/t41-,44?,45-,46?,47?,48?,49?/m1/s1. The molecule has 13 nitrogen and oxygen atoms in total. The van der Waals surface area contributed by atoms with E-state index in [2.05, 4.69) is 98.9 Å². The Morgan fingerprint density at radius 1 is 0.508 bits per heavy atom. The van der Waals surface area contributed by atoms with Crippen LogP contribution in [0.3, 0.4) is 0 Å². The number of aliphatic hydroxyl groups excluding tert-OH is 5. The van der Waals surface area contributed by atoms with Crippen molar-refractivity contribution in [3.63, 3.8) is 0 Å². The predicted octanol–water partition coefficient (Wildman–Crippen LogP) is 9.05. The molecule has 358 valence electrons. The number of phosphoric acid groups is 1. The van der Waals surface area contributed by atoms with Crippen LogP contribution >= 0.6 is 7.82 Å². The molecule has 0 saturated heterocycles. The number of ether oxygens (including phenoxy) is 2. The van der Waals surface area contributed by atoms with Crippen molar-refractivity contribution in [3.8, 4) is 0 Å². The second kappa shape index (κ2) is 38.1. The van der Waals surface area contributed by atoms with Crippen LogP contribution in [-0.2, 0) is 32.7 Å². The van der Waals surface area contributed by atoms with Crippen LogP contribution in [0.15, 0.2) is 97.2 Å². The Hall–Kier alpha value is -3.23. The minimum absolute atomic E-state index is 0.00729. The molecule has 1 rings (SSSR count). The van der Waals surface area contributed by atoms with Crippen molar-refractivity contribution >= 4 is 19.8 Å². The molecule has 6 unspecified atom stereocenters. The maximum atomic E-state index is 12.8. The normalized spacial score (nSPS) is 22.6. The van der Waals surface area contributed by atoms with Crippen LogP contribution in [0, 0.1) is 0 Å². The maximum absolute atomic E-state index is 12.8. The van der Waals surface area contributed by atoms with Gasteiger partial charge in [-0.2, -0.15) is 0 Å². The Balaban J connectivity index is 2.53. The first kappa shape index (κ1) is 57.8. The number of carbonyl (C=O) groups is 2. The summed E-state index contributed by atoms with van der Waals surface area (Å²) < 4.78 is 33.4. The van der Waals surface area contributed by atoms with E-state index >= 15 is 0 Å². The molecule has 63 heavy (non-hydrogen) atoms. The number of aliphatic hydroxyl groups is 5. The average molecular weight is 907 g/mol. The van der Waals surface area contributed by atoms with Gasteiger partial charge in [0.25, 0.3) is 0 Å². The molecule has 0 aromatic rings. The van der Waals surface area contributed by atoms with Crippen LogP contribution in [0.25, 0.3) is 0 Å². The van der Waals surface area contributed by atoms with Crippen molar-refractivity contribution in [3.05, 3.63) is 97.2 Å². The SMILES string of the molecule is CC/C=C\C/C=C\C/C=C\C/C=C\C/C=C\CCCC(=O)O[C@H](COC(=O)CCCCCC/C=C\C/C=C\C/C=C\CCCCC)COP(=O)(O)OC1C(O)C(O)C(O)[C@@H](O)C1O. The van der Waals surface area contributed by atoms with Crippen molar-refractivity contribution in [2.45, 2.75) is 185 Å². The molecule has 0 spiro atoms. The van der Waals surface area contributed by atoms with Crippen molar-refractivity contribution in [2.24, 2.45) is 0 Å².